The monoisotopic (exact) mass is 300 g/mol. The maximum atomic E-state index is 13.7. The molecular formula is C18H17FOS. The van der Waals surface area contributed by atoms with Crippen molar-refractivity contribution < 1.29 is 9.50 Å². The molecule has 0 aliphatic heterocycles. The molecule has 3 heteroatoms. The van der Waals surface area contributed by atoms with Crippen molar-refractivity contribution in [3.63, 3.8) is 0 Å². The zero-order valence-corrected chi connectivity index (χ0v) is 12.9. The SMILES string of the molecule is Cc1ccc(C(C)(O)Cc2csc3ccccc23)cc1F. The number of rotatable bonds is 3. The van der Waals surface area contributed by atoms with Gasteiger partial charge in [0.1, 0.15) is 5.82 Å². The Morgan fingerprint density at radius 3 is 2.71 bits per heavy atom. The van der Waals surface area contributed by atoms with Crippen LogP contribution in [0, 0.1) is 12.7 Å². The quantitative estimate of drug-likeness (QED) is 0.736. The van der Waals surface area contributed by atoms with Gasteiger partial charge in [-0.1, -0.05) is 30.3 Å². The zero-order valence-electron chi connectivity index (χ0n) is 12.1. The highest BCUT2D eigenvalue weighted by molar-refractivity contribution is 7.17. The van der Waals surface area contributed by atoms with Crippen molar-refractivity contribution in [1.82, 2.24) is 0 Å². The molecule has 0 amide bonds. The van der Waals surface area contributed by atoms with E-state index in [0.717, 1.165) is 10.9 Å². The standard InChI is InChI=1S/C18H17FOS/c1-12-7-8-14(9-16(12)19)18(2,20)10-13-11-21-17-6-4-3-5-15(13)17/h3-9,11,20H,10H2,1-2H3. The maximum absolute atomic E-state index is 13.7. The van der Waals surface area contributed by atoms with Crippen molar-refractivity contribution in [3.8, 4) is 0 Å². The molecule has 3 aromatic rings. The van der Waals surface area contributed by atoms with Crippen molar-refractivity contribution in [2.45, 2.75) is 25.9 Å². The van der Waals surface area contributed by atoms with E-state index in [4.69, 9.17) is 0 Å². The van der Waals surface area contributed by atoms with Crippen LogP contribution in [-0.4, -0.2) is 5.11 Å². The Morgan fingerprint density at radius 1 is 1.19 bits per heavy atom. The van der Waals surface area contributed by atoms with Crippen LogP contribution in [0.5, 0.6) is 0 Å². The van der Waals surface area contributed by atoms with Gasteiger partial charge in [-0.2, -0.15) is 0 Å². The summed E-state index contributed by atoms with van der Waals surface area (Å²) in [5, 5.41) is 14.0. The van der Waals surface area contributed by atoms with Crippen LogP contribution in [0.3, 0.4) is 0 Å². The molecule has 1 aromatic heterocycles. The second-order valence-electron chi connectivity index (χ2n) is 5.67. The highest BCUT2D eigenvalue weighted by Crippen LogP contribution is 2.32. The topological polar surface area (TPSA) is 20.2 Å². The maximum Gasteiger partial charge on any atom is 0.126 e. The molecule has 0 fully saturated rings. The van der Waals surface area contributed by atoms with Gasteiger partial charge < -0.3 is 5.11 Å². The van der Waals surface area contributed by atoms with E-state index in [1.807, 2.05) is 12.1 Å². The van der Waals surface area contributed by atoms with Crippen molar-refractivity contribution >= 4 is 21.4 Å². The van der Waals surface area contributed by atoms with E-state index in [0.29, 0.717) is 17.5 Å². The van der Waals surface area contributed by atoms with Crippen molar-refractivity contribution in [2.75, 3.05) is 0 Å². The zero-order chi connectivity index (χ0) is 15.0. The van der Waals surface area contributed by atoms with Gasteiger partial charge in [-0.05, 0) is 53.4 Å². The van der Waals surface area contributed by atoms with E-state index in [2.05, 4.69) is 17.5 Å². The lowest BCUT2D eigenvalue weighted by atomic mass is 9.88. The van der Waals surface area contributed by atoms with Gasteiger partial charge in [0.05, 0.1) is 5.60 Å². The van der Waals surface area contributed by atoms with Gasteiger partial charge in [0.15, 0.2) is 0 Å². The third-order valence-electron chi connectivity index (χ3n) is 3.89. The molecule has 1 heterocycles. The Morgan fingerprint density at radius 2 is 1.95 bits per heavy atom. The largest absolute Gasteiger partial charge is 0.385 e. The predicted octanol–water partition coefficient (Wildman–Crippen LogP) is 4.80. The summed E-state index contributed by atoms with van der Waals surface area (Å²) in [6.45, 7) is 3.46. The molecule has 0 bridgehead atoms. The molecule has 0 saturated heterocycles. The third kappa shape index (κ3) is 2.71. The molecule has 3 rings (SSSR count). The fourth-order valence-electron chi connectivity index (χ4n) is 2.57. The fourth-order valence-corrected chi connectivity index (χ4v) is 3.53. The first kappa shape index (κ1) is 14.2. The van der Waals surface area contributed by atoms with Crippen LogP contribution in [0.2, 0.25) is 0 Å². The lowest BCUT2D eigenvalue weighted by Gasteiger charge is -2.24. The van der Waals surface area contributed by atoms with Crippen LogP contribution < -0.4 is 0 Å². The number of benzene rings is 2. The molecule has 1 atom stereocenters. The molecule has 1 unspecified atom stereocenters. The van der Waals surface area contributed by atoms with E-state index < -0.39 is 5.60 Å². The van der Waals surface area contributed by atoms with Crippen molar-refractivity contribution in [2.24, 2.45) is 0 Å². The Kier molecular flexibility index (Phi) is 3.56. The number of fused-ring (bicyclic) bond motifs is 1. The summed E-state index contributed by atoms with van der Waals surface area (Å²) in [7, 11) is 0. The summed E-state index contributed by atoms with van der Waals surface area (Å²) in [6, 6.07) is 13.1. The van der Waals surface area contributed by atoms with E-state index in [1.54, 1.807) is 37.3 Å². The predicted molar refractivity (Wildman–Crippen MR) is 86.2 cm³/mol. The first-order valence-corrected chi connectivity index (χ1v) is 7.79. The molecule has 108 valence electrons. The van der Waals surface area contributed by atoms with Gasteiger partial charge in [-0.15, -0.1) is 11.3 Å². The molecule has 1 N–H and O–H groups in total. The fraction of sp³-hybridized carbons (Fsp3) is 0.222. The summed E-state index contributed by atoms with van der Waals surface area (Å²) in [4.78, 5) is 0. The van der Waals surface area contributed by atoms with Gasteiger partial charge in [0.2, 0.25) is 0 Å². The molecule has 0 radical (unpaired) electrons. The Hall–Kier alpha value is -1.71. The van der Waals surface area contributed by atoms with Gasteiger partial charge >= 0.3 is 0 Å². The van der Waals surface area contributed by atoms with Gasteiger partial charge in [-0.3, -0.25) is 0 Å². The van der Waals surface area contributed by atoms with Crippen LogP contribution in [0.4, 0.5) is 4.39 Å². The summed E-state index contributed by atoms with van der Waals surface area (Å²) in [5.41, 5.74) is 1.22. The van der Waals surface area contributed by atoms with Crippen LogP contribution in [0.15, 0.2) is 47.8 Å². The Balaban J connectivity index is 1.97. The van der Waals surface area contributed by atoms with E-state index in [1.165, 1.54) is 10.8 Å². The molecule has 1 nitrogen and oxygen atoms in total. The molecule has 2 aromatic carbocycles. The normalized spacial score (nSPS) is 14.3. The second kappa shape index (κ2) is 5.24. The number of hydrogen-bond acceptors (Lipinski definition) is 2. The summed E-state index contributed by atoms with van der Waals surface area (Å²) < 4.78 is 14.9. The number of aliphatic hydroxyl groups is 1. The van der Waals surface area contributed by atoms with Gasteiger partial charge in [0.25, 0.3) is 0 Å². The lowest BCUT2D eigenvalue weighted by Crippen LogP contribution is -2.24. The molecule has 0 aliphatic rings. The van der Waals surface area contributed by atoms with Crippen LogP contribution in [0.1, 0.15) is 23.6 Å². The number of aryl methyl sites for hydroxylation is 1. The average Bonchev–Trinajstić information content (AvgIpc) is 2.85. The highest BCUT2D eigenvalue weighted by Gasteiger charge is 2.25. The minimum atomic E-state index is -1.08. The minimum Gasteiger partial charge on any atom is -0.385 e. The molecule has 21 heavy (non-hydrogen) atoms. The molecule has 0 spiro atoms. The van der Waals surface area contributed by atoms with Gasteiger partial charge in [-0.25, -0.2) is 4.39 Å². The van der Waals surface area contributed by atoms with E-state index >= 15 is 0 Å². The van der Waals surface area contributed by atoms with E-state index in [9.17, 15) is 9.50 Å². The first-order chi connectivity index (χ1) is 9.97. The van der Waals surface area contributed by atoms with Crippen molar-refractivity contribution in [1.29, 1.82) is 0 Å². The Labute approximate surface area is 127 Å². The average molecular weight is 300 g/mol. The second-order valence-corrected chi connectivity index (χ2v) is 6.58. The number of halogens is 1. The molecule has 0 saturated carbocycles. The van der Waals surface area contributed by atoms with Crippen molar-refractivity contribution in [3.05, 3.63) is 70.4 Å². The molecule has 0 aliphatic carbocycles. The van der Waals surface area contributed by atoms with Gasteiger partial charge in [0, 0.05) is 11.1 Å². The van der Waals surface area contributed by atoms with Crippen LogP contribution >= 0.6 is 11.3 Å². The lowest BCUT2D eigenvalue weighted by molar-refractivity contribution is 0.0577. The number of hydrogen-bond donors (Lipinski definition) is 1. The van der Waals surface area contributed by atoms with Crippen LogP contribution in [0.25, 0.3) is 10.1 Å². The molecular weight excluding hydrogens is 283 g/mol. The minimum absolute atomic E-state index is 0.275. The van der Waals surface area contributed by atoms with Crippen LogP contribution in [-0.2, 0) is 12.0 Å². The highest BCUT2D eigenvalue weighted by atomic mass is 32.1. The third-order valence-corrected chi connectivity index (χ3v) is 4.90. The van der Waals surface area contributed by atoms with E-state index in [-0.39, 0.29) is 5.82 Å². The number of thiophene rings is 1. The summed E-state index contributed by atoms with van der Waals surface area (Å²) >= 11 is 1.67. The summed E-state index contributed by atoms with van der Waals surface area (Å²) in [5.74, 6) is -0.275. The smallest absolute Gasteiger partial charge is 0.126 e. The summed E-state index contributed by atoms with van der Waals surface area (Å²) in [6.07, 6.45) is 0.472. The Bertz CT molecular complexity index is 789. The first-order valence-electron chi connectivity index (χ1n) is 6.91.